The number of anilines is 1. The van der Waals surface area contributed by atoms with Crippen molar-refractivity contribution in [2.75, 3.05) is 12.5 Å². The lowest BCUT2D eigenvalue weighted by Gasteiger charge is -2.04. The summed E-state index contributed by atoms with van der Waals surface area (Å²) in [6, 6.07) is 12.6. The SMILES string of the molecule is C=CCc1cccc(C=NNc2nc(-c3cc4cccc(OC)c4oc3=O)cs2)c1O. The van der Waals surface area contributed by atoms with E-state index in [2.05, 4.69) is 22.1 Å². The van der Waals surface area contributed by atoms with Crippen LogP contribution in [0.4, 0.5) is 5.13 Å². The van der Waals surface area contributed by atoms with Crippen molar-refractivity contribution in [3.8, 4) is 22.8 Å². The highest BCUT2D eigenvalue weighted by molar-refractivity contribution is 7.14. The number of thiazole rings is 1. The number of allylic oxidation sites excluding steroid dienone is 1. The summed E-state index contributed by atoms with van der Waals surface area (Å²) in [5.74, 6) is 0.661. The van der Waals surface area contributed by atoms with Gasteiger partial charge in [-0.15, -0.1) is 17.9 Å². The Bertz CT molecular complexity index is 1340. The number of rotatable bonds is 7. The lowest BCUT2D eigenvalue weighted by Crippen LogP contribution is -2.03. The number of aromatic hydroxyl groups is 1. The van der Waals surface area contributed by atoms with Gasteiger partial charge in [0.1, 0.15) is 5.75 Å². The normalized spacial score (nSPS) is 11.1. The van der Waals surface area contributed by atoms with E-state index in [1.165, 1.54) is 24.7 Å². The first-order valence-corrected chi connectivity index (χ1v) is 10.3. The van der Waals surface area contributed by atoms with E-state index in [-0.39, 0.29) is 5.75 Å². The van der Waals surface area contributed by atoms with Crippen LogP contribution in [0.2, 0.25) is 0 Å². The highest BCUT2D eigenvalue weighted by Crippen LogP contribution is 2.29. The number of nitrogens with zero attached hydrogens (tertiary/aromatic N) is 2. The van der Waals surface area contributed by atoms with Crippen LogP contribution in [0.15, 0.2) is 74.8 Å². The van der Waals surface area contributed by atoms with E-state index < -0.39 is 5.63 Å². The molecule has 31 heavy (non-hydrogen) atoms. The number of hydrazone groups is 1. The van der Waals surface area contributed by atoms with Gasteiger partial charge >= 0.3 is 5.63 Å². The van der Waals surface area contributed by atoms with E-state index in [0.29, 0.717) is 39.7 Å². The van der Waals surface area contributed by atoms with Gasteiger partial charge < -0.3 is 14.3 Å². The molecular formula is C23H19N3O4S. The summed E-state index contributed by atoms with van der Waals surface area (Å²) < 4.78 is 10.7. The number of hydrogen-bond donors (Lipinski definition) is 2. The van der Waals surface area contributed by atoms with Crippen LogP contribution in [0.25, 0.3) is 22.2 Å². The molecule has 0 atom stereocenters. The Morgan fingerprint density at radius 3 is 2.97 bits per heavy atom. The predicted octanol–water partition coefficient (Wildman–Crippen LogP) is 4.81. The largest absolute Gasteiger partial charge is 0.507 e. The molecule has 7 nitrogen and oxygen atoms in total. The summed E-state index contributed by atoms with van der Waals surface area (Å²) >= 11 is 1.30. The first kappa shape index (κ1) is 20.4. The van der Waals surface area contributed by atoms with Crippen molar-refractivity contribution in [2.24, 2.45) is 5.10 Å². The zero-order valence-corrected chi connectivity index (χ0v) is 17.5. The molecule has 0 saturated carbocycles. The Morgan fingerprint density at radius 1 is 1.32 bits per heavy atom. The van der Waals surface area contributed by atoms with Crippen LogP contribution in [0.1, 0.15) is 11.1 Å². The number of nitrogens with one attached hydrogen (secondary N) is 1. The van der Waals surface area contributed by atoms with Gasteiger partial charge in [-0.25, -0.2) is 9.78 Å². The average molecular weight is 433 g/mol. The third-order valence-electron chi connectivity index (χ3n) is 4.60. The molecule has 2 aromatic heterocycles. The van der Waals surface area contributed by atoms with Gasteiger partial charge in [-0.3, -0.25) is 5.43 Å². The van der Waals surface area contributed by atoms with Crippen LogP contribution in [0, 0.1) is 0 Å². The van der Waals surface area contributed by atoms with E-state index in [9.17, 15) is 9.90 Å². The Hall–Kier alpha value is -3.91. The smallest absolute Gasteiger partial charge is 0.345 e. The molecule has 0 unspecified atom stereocenters. The molecule has 0 amide bonds. The number of aromatic nitrogens is 1. The van der Waals surface area contributed by atoms with Gasteiger partial charge in [-0.1, -0.05) is 30.3 Å². The molecule has 2 N–H and O–H groups in total. The minimum atomic E-state index is -0.499. The number of phenolic OH excluding ortho intramolecular Hbond substituents is 1. The molecule has 0 bridgehead atoms. The molecule has 0 spiro atoms. The second-order valence-electron chi connectivity index (χ2n) is 6.58. The minimum Gasteiger partial charge on any atom is -0.507 e. The standard InChI is InChI=1S/C23H19N3O4S/c1-3-6-14-7-4-9-16(20(14)27)12-24-26-23-25-18(13-31-23)17-11-15-8-5-10-19(29-2)21(15)30-22(17)28/h3-5,7-13,27H,1,6H2,2H3,(H,25,26). The number of fused-ring (bicyclic) bond motifs is 1. The minimum absolute atomic E-state index is 0.164. The van der Waals surface area contributed by atoms with Crippen molar-refractivity contribution < 1.29 is 14.3 Å². The zero-order valence-electron chi connectivity index (χ0n) is 16.7. The quantitative estimate of drug-likeness (QED) is 0.188. The Balaban J connectivity index is 1.56. The molecule has 8 heteroatoms. The summed E-state index contributed by atoms with van der Waals surface area (Å²) in [6.45, 7) is 3.69. The van der Waals surface area contributed by atoms with Crippen LogP contribution < -0.4 is 15.8 Å². The summed E-state index contributed by atoms with van der Waals surface area (Å²) in [6.07, 6.45) is 3.81. The van der Waals surface area contributed by atoms with Crippen LogP contribution >= 0.6 is 11.3 Å². The Kier molecular flexibility index (Phi) is 5.81. The molecular weight excluding hydrogens is 414 g/mol. The lowest BCUT2D eigenvalue weighted by atomic mass is 10.1. The summed E-state index contributed by atoms with van der Waals surface area (Å²) in [7, 11) is 1.52. The van der Waals surface area contributed by atoms with Gasteiger partial charge in [0.25, 0.3) is 0 Å². The average Bonchev–Trinajstić information content (AvgIpc) is 3.24. The molecule has 0 saturated heterocycles. The van der Waals surface area contributed by atoms with Gasteiger partial charge in [-0.2, -0.15) is 5.10 Å². The topological polar surface area (TPSA) is 97.0 Å². The molecule has 0 aliphatic heterocycles. The second kappa shape index (κ2) is 8.85. The van der Waals surface area contributed by atoms with Crippen molar-refractivity contribution in [2.45, 2.75) is 6.42 Å². The van der Waals surface area contributed by atoms with Gasteiger partial charge in [0.05, 0.1) is 24.6 Å². The van der Waals surface area contributed by atoms with Gasteiger partial charge in [0, 0.05) is 16.3 Å². The maximum atomic E-state index is 12.5. The molecule has 2 heterocycles. The number of ether oxygens (including phenoxy) is 1. The van der Waals surface area contributed by atoms with E-state index in [4.69, 9.17) is 9.15 Å². The number of methoxy groups -OCH3 is 1. The number of benzene rings is 2. The number of para-hydroxylation sites is 2. The molecule has 0 aliphatic rings. The molecule has 0 fully saturated rings. The van der Waals surface area contributed by atoms with Crippen LogP contribution in [-0.4, -0.2) is 23.4 Å². The predicted molar refractivity (Wildman–Crippen MR) is 123 cm³/mol. The molecule has 0 aliphatic carbocycles. The fraction of sp³-hybridized carbons (Fsp3) is 0.0870. The van der Waals surface area contributed by atoms with Gasteiger partial charge in [0.15, 0.2) is 11.3 Å². The fourth-order valence-corrected chi connectivity index (χ4v) is 3.76. The van der Waals surface area contributed by atoms with Crippen LogP contribution in [0.3, 0.4) is 0 Å². The van der Waals surface area contributed by atoms with E-state index in [1.807, 2.05) is 24.3 Å². The first-order valence-electron chi connectivity index (χ1n) is 9.38. The Labute approximate surface area is 182 Å². The maximum Gasteiger partial charge on any atom is 0.345 e. The second-order valence-corrected chi connectivity index (χ2v) is 7.44. The van der Waals surface area contributed by atoms with E-state index in [1.54, 1.807) is 29.7 Å². The molecule has 4 rings (SSSR count). The fourth-order valence-electron chi connectivity index (χ4n) is 3.10. The molecule has 4 aromatic rings. The first-order chi connectivity index (χ1) is 15.1. The van der Waals surface area contributed by atoms with Crippen molar-refractivity contribution in [1.82, 2.24) is 4.98 Å². The van der Waals surface area contributed by atoms with E-state index >= 15 is 0 Å². The van der Waals surface area contributed by atoms with E-state index in [0.717, 1.165) is 10.9 Å². The maximum absolute atomic E-state index is 12.5. The molecule has 156 valence electrons. The monoisotopic (exact) mass is 433 g/mol. The van der Waals surface area contributed by atoms with Crippen molar-refractivity contribution in [1.29, 1.82) is 0 Å². The summed E-state index contributed by atoms with van der Waals surface area (Å²) in [5.41, 5.74) is 4.91. The highest BCUT2D eigenvalue weighted by Gasteiger charge is 2.13. The van der Waals surface area contributed by atoms with Gasteiger partial charge in [-0.05, 0) is 30.2 Å². The number of phenols is 1. The summed E-state index contributed by atoms with van der Waals surface area (Å²) in [5, 5.41) is 17.4. The van der Waals surface area contributed by atoms with Crippen LogP contribution in [-0.2, 0) is 6.42 Å². The van der Waals surface area contributed by atoms with Crippen molar-refractivity contribution in [3.05, 3.63) is 82.0 Å². The third kappa shape index (κ3) is 4.19. The lowest BCUT2D eigenvalue weighted by molar-refractivity contribution is 0.407. The zero-order chi connectivity index (χ0) is 21.8. The summed E-state index contributed by atoms with van der Waals surface area (Å²) in [4.78, 5) is 16.9. The molecule has 0 radical (unpaired) electrons. The molecule has 2 aromatic carbocycles. The van der Waals surface area contributed by atoms with Crippen LogP contribution in [0.5, 0.6) is 11.5 Å². The van der Waals surface area contributed by atoms with Crippen molar-refractivity contribution in [3.63, 3.8) is 0 Å². The van der Waals surface area contributed by atoms with Crippen molar-refractivity contribution >= 4 is 33.7 Å². The highest BCUT2D eigenvalue weighted by atomic mass is 32.1. The third-order valence-corrected chi connectivity index (χ3v) is 5.35. The van der Waals surface area contributed by atoms with Gasteiger partial charge in [0.2, 0.25) is 5.13 Å². The Morgan fingerprint density at radius 2 is 2.16 bits per heavy atom. The number of hydrogen-bond acceptors (Lipinski definition) is 8.